The van der Waals surface area contributed by atoms with Gasteiger partial charge < -0.3 is 0 Å². The normalized spacial score (nSPS) is 16.3. The van der Waals surface area contributed by atoms with E-state index in [2.05, 4.69) is 337 Å². The van der Waals surface area contributed by atoms with Crippen LogP contribution in [-0.4, -0.2) is 0 Å². The van der Waals surface area contributed by atoms with Crippen molar-refractivity contribution in [3.8, 4) is 0 Å². The van der Waals surface area contributed by atoms with Gasteiger partial charge in [-0.2, -0.15) is 0 Å². The second-order valence-electron chi connectivity index (χ2n) is 23.2. The highest BCUT2D eigenvalue weighted by atomic mass is 79.9. The zero-order valence-corrected chi connectivity index (χ0v) is 55.5. The van der Waals surface area contributed by atoms with Crippen LogP contribution in [0, 0.1) is 79.1 Å². The van der Waals surface area contributed by atoms with Crippen LogP contribution in [0.3, 0.4) is 0 Å². The molecule has 0 spiro atoms. The van der Waals surface area contributed by atoms with E-state index in [0.29, 0.717) is 5.92 Å². The van der Waals surface area contributed by atoms with Crippen molar-refractivity contribution >= 4 is 75.5 Å². The van der Waals surface area contributed by atoms with Gasteiger partial charge in [-0.25, -0.2) is 0 Å². The van der Waals surface area contributed by atoms with Crippen LogP contribution >= 0.6 is 75.5 Å². The first kappa shape index (κ1) is 62.2. The van der Waals surface area contributed by atoms with Gasteiger partial charge in [0.2, 0.25) is 0 Å². The van der Waals surface area contributed by atoms with E-state index < -0.39 is 0 Å². The van der Waals surface area contributed by atoms with Gasteiger partial charge in [-0.05, 0) is 185 Å². The lowest BCUT2D eigenvalue weighted by Crippen LogP contribution is -2.31. The summed E-state index contributed by atoms with van der Waals surface area (Å²) in [5, 5.41) is 0. The molecular weight excluding hydrogens is 1220 g/mol. The van der Waals surface area contributed by atoms with Crippen LogP contribution in [0.5, 0.6) is 0 Å². The maximum atomic E-state index is 3.65. The summed E-state index contributed by atoms with van der Waals surface area (Å²) in [6.07, 6.45) is 2.69. The number of benzene rings is 8. The van der Waals surface area contributed by atoms with Gasteiger partial charge in [-0.1, -0.05) is 279 Å². The highest BCUT2D eigenvalue weighted by Gasteiger charge is 2.36. The lowest BCUT2D eigenvalue weighted by Gasteiger charge is -2.41. The number of rotatable bonds is 9. The van der Waals surface area contributed by atoms with Crippen molar-refractivity contribution in [3.05, 3.63) is 266 Å². The number of halogens is 4. The zero-order chi connectivity index (χ0) is 56.4. The first-order valence-electron chi connectivity index (χ1n) is 27.3. The largest absolute Gasteiger partial charge is 0.0901 e. The van der Waals surface area contributed by atoms with Gasteiger partial charge in [-0.3, -0.25) is 0 Å². The first-order valence-corrected chi connectivity index (χ1v) is 31.3. The Morgan fingerprint density at radius 3 is 0.896 bits per heavy atom. The van der Waals surface area contributed by atoms with Gasteiger partial charge in [0.25, 0.3) is 0 Å². The van der Waals surface area contributed by atoms with Gasteiger partial charge in [0.1, 0.15) is 0 Å². The third-order valence-electron chi connectivity index (χ3n) is 16.3. The van der Waals surface area contributed by atoms with E-state index in [0.717, 1.165) is 41.6 Å². The van der Waals surface area contributed by atoms with Crippen LogP contribution < -0.4 is 0 Å². The molecule has 2 unspecified atom stereocenters. The predicted octanol–water partition coefficient (Wildman–Crippen LogP) is 23.5. The maximum absolute atomic E-state index is 3.65. The van der Waals surface area contributed by atoms with E-state index in [1.54, 1.807) is 11.8 Å². The molecule has 1 saturated carbocycles. The van der Waals surface area contributed by atoms with E-state index in [9.17, 15) is 0 Å². The molecule has 1 aliphatic carbocycles. The zero-order valence-electron chi connectivity index (χ0n) is 48.4. The number of hydrogen-bond acceptors (Lipinski definition) is 1. The molecule has 8 aromatic rings. The molecule has 0 bridgehead atoms. The van der Waals surface area contributed by atoms with Crippen molar-refractivity contribution in [1.29, 1.82) is 0 Å². The lowest BCUT2D eigenvalue weighted by molar-refractivity contribution is 0.132. The molecular formula is C72H82Br4S. The van der Waals surface area contributed by atoms with Gasteiger partial charge in [0.15, 0.2) is 0 Å². The monoisotopic (exact) mass is 1290 g/mol. The lowest BCUT2D eigenvalue weighted by atomic mass is 9.64. The molecule has 0 amide bonds. The minimum Gasteiger partial charge on any atom is -0.0901 e. The fourth-order valence-corrected chi connectivity index (χ4v) is 13.4. The summed E-state index contributed by atoms with van der Waals surface area (Å²) in [6.45, 7) is 33.4. The molecule has 77 heavy (non-hydrogen) atoms. The third kappa shape index (κ3) is 17.0. The van der Waals surface area contributed by atoms with E-state index in [1.807, 2.05) is 0 Å². The summed E-state index contributed by atoms with van der Waals surface area (Å²) < 4.78 is 4.52. The van der Waals surface area contributed by atoms with Gasteiger partial charge >= 0.3 is 0 Å². The Morgan fingerprint density at radius 1 is 0.364 bits per heavy atom. The standard InChI is InChI=1S/C24H32.C17H16Br4.C17H20.C14H14S/c1-16-6-10-21(11-7-16)24(22-12-8-17(2)9-13-22)23-14-18(3)20(5)19(4)15-23;1-9-13(18)5-11(6-14(9)19)17(3,4)12-7-15(20)10(2)16(21)8-12;1-13-5-9-15(10-6-13)17(3,4)16-11-7-14(2)8-12-16;1-11-3-7-13(8-4-11)15-14-9-5-12(2)6-10-14/h6-13,18-20,23-24H,14-15H2,1-5H3;5-8H,1-4H3;5-12H,1-4H3;3-10H,1-2H3. The maximum Gasteiger partial charge on any atom is 0.0218 e. The van der Waals surface area contributed by atoms with E-state index in [4.69, 9.17) is 0 Å². The van der Waals surface area contributed by atoms with Crippen molar-refractivity contribution in [2.75, 3.05) is 0 Å². The average Bonchev–Trinajstić information content (AvgIpc) is 3.39. The van der Waals surface area contributed by atoms with Gasteiger partial charge in [0.05, 0.1) is 0 Å². The SMILES string of the molecule is Cc1c(Br)cc(C(C)(C)c2cc(Br)c(C)c(Br)c2)cc1Br.Cc1ccc(C(C)(C)c2ccc(C)cc2)cc1.Cc1ccc(C(c2ccc(C)cc2)C2CC(C)C(C)C(C)C2)cc1.Cc1ccc(Sc2ccc(C)cc2)cc1. The van der Waals surface area contributed by atoms with Crippen LogP contribution in [0.25, 0.3) is 0 Å². The summed E-state index contributed by atoms with van der Waals surface area (Å²) in [5.74, 6) is 3.76. The molecule has 2 atom stereocenters. The van der Waals surface area contributed by atoms with Crippen LogP contribution in [0.2, 0.25) is 0 Å². The molecule has 9 rings (SSSR count). The smallest absolute Gasteiger partial charge is 0.0218 e. The molecule has 0 aliphatic heterocycles. The highest BCUT2D eigenvalue weighted by Crippen LogP contribution is 2.47. The van der Waals surface area contributed by atoms with E-state index in [1.165, 1.54) is 101 Å². The molecule has 0 N–H and O–H groups in total. The van der Waals surface area contributed by atoms with Gasteiger partial charge in [0, 0.05) is 44.4 Å². The van der Waals surface area contributed by atoms with Crippen molar-refractivity contribution < 1.29 is 0 Å². The minimum absolute atomic E-state index is 0.0708. The summed E-state index contributed by atoms with van der Waals surface area (Å²) in [4.78, 5) is 2.59. The van der Waals surface area contributed by atoms with Crippen LogP contribution in [-0.2, 0) is 10.8 Å². The highest BCUT2D eigenvalue weighted by molar-refractivity contribution is 9.11. The van der Waals surface area contributed by atoms with Crippen molar-refractivity contribution in [3.63, 3.8) is 0 Å². The van der Waals surface area contributed by atoms with Crippen molar-refractivity contribution in [1.82, 2.24) is 0 Å². The Kier molecular flexibility index (Phi) is 22.6. The van der Waals surface area contributed by atoms with Crippen LogP contribution in [0.4, 0.5) is 0 Å². The number of hydrogen-bond donors (Lipinski definition) is 0. The Morgan fingerprint density at radius 2 is 0.610 bits per heavy atom. The summed E-state index contributed by atoms with van der Waals surface area (Å²) in [6, 6.07) is 62.3. The molecule has 404 valence electrons. The molecule has 1 aliphatic rings. The molecule has 5 heteroatoms. The molecule has 0 radical (unpaired) electrons. The van der Waals surface area contributed by atoms with Crippen molar-refractivity contribution in [2.45, 2.75) is 143 Å². The Labute approximate surface area is 503 Å². The van der Waals surface area contributed by atoms with Crippen LogP contribution in [0.1, 0.15) is 145 Å². The molecule has 0 saturated heterocycles. The van der Waals surface area contributed by atoms with Crippen LogP contribution in [0.15, 0.2) is 198 Å². The van der Waals surface area contributed by atoms with Crippen molar-refractivity contribution in [2.24, 2.45) is 23.7 Å². The quantitative estimate of drug-likeness (QED) is 0.139. The molecule has 8 aromatic carbocycles. The molecule has 0 heterocycles. The topological polar surface area (TPSA) is 0 Å². The van der Waals surface area contributed by atoms with E-state index in [-0.39, 0.29) is 10.8 Å². The molecule has 1 fully saturated rings. The second kappa shape index (κ2) is 27.9. The molecule has 0 nitrogen and oxygen atoms in total. The Hall–Kier alpha value is -3.97. The van der Waals surface area contributed by atoms with E-state index >= 15 is 0 Å². The average molecular weight is 1300 g/mol. The fourth-order valence-electron chi connectivity index (χ4n) is 10.2. The fraction of sp³-hybridized carbons (Fsp3) is 0.333. The Bertz CT molecular complexity index is 2880. The molecule has 0 aromatic heterocycles. The first-order chi connectivity index (χ1) is 36.3. The Balaban J connectivity index is 0.000000169. The minimum atomic E-state index is -0.0858. The number of aryl methyl sites for hydroxylation is 6. The summed E-state index contributed by atoms with van der Waals surface area (Å²) in [5.41, 5.74) is 18.6. The summed E-state index contributed by atoms with van der Waals surface area (Å²) >= 11 is 16.4. The predicted molar refractivity (Wildman–Crippen MR) is 351 cm³/mol. The third-order valence-corrected chi connectivity index (χ3v) is 20.6. The van der Waals surface area contributed by atoms with Gasteiger partial charge in [-0.15, -0.1) is 0 Å². The second-order valence-corrected chi connectivity index (χ2v) is 27.7. The summed E-state index contributed by atoms with van der Waals surface area (Å²) in [7, 11) is 0.